The highest BCUT2D eigenvalue weighted by atomic mass is 35.6. The van der Waals surface area contributed by atoms with E-state index in [1.165, 1.54) is 24.1 Å². The van der Waals surface area contributed by atoms with Crippen molar-refractivity contribution in [3.63, 3.8) is 0 Å². The van der Waals surface area contributed by atoms with Gasteiger partial charge in [0.15, 0.2) is 0 Å². The summed E-state index contributed by atoms with van der Waals surface area (Å²) in [6, 6.07) is 9.27. The molecule has 1 aliphatic heterocycles. The van der Waals surface area contributed by atoms with Crippen LogP contribution in [0.15, 0.2) is 24.3 Å². The van der Waals surface area contributed by atoms with Gasteiger partial charge in [-0.2, -0.15) is 0 Å². The summed E-state index contributed by atoms with van der Waals surface area (Å²) in [6.45, 7) is 2.27. The molecular formula is C10H14ClNSi. The SMILES string of the molecule is CC1CCc2ccccc2N1[SiH2]Cl. The molecule has 0 radical (unpaired) electrons. The summed E-state index contributed by atoms with van der Waals surface area (Å²) < 4.78 is 2.40. The van der Waals surface area contributed by atoms with Gasteiger partial charge in [0.2, 0.25) is 8.99 Å². The van der Waals surface area contributed by atoms with Crippen LogP contribution in [-0.2, 0) is 6.42 Å². The Bertz CT molecular complexity index is 303. The van der Waals surface area contributed by atoms with Crippen LogP contribution in [0.4, 0.5) is 5.69 Å². The van der Waals surface area contributed by atoms with Crippen LogP contribution in [0.5, 0.6) is 0 Å². The largest absolute Gasteiger partial charge is 0.387 e. The lowest BCUT2D eigenvalue weighted by molar-refractivity contribution is 0.638. The lowest BCUT2D eigenvalue weighted by Gasteiger charge is -2.35. The van der Waals surface area contributed by atoms with Crippen LogP contribution in [0.1, 0.15) is 18.9 Å². The summed E-state index contributed by atoms with van der Waals surface area (Å²) in [5.74, 6) is 0. The van der Waals surface area contributed by atoms with Crippen molar-refractivity contribution < 1.29 is 0 Å². The molecule has 1 unspecified atom stereocenters. The van der Waals surface area contributed by atoms with Gasteiger partial charge in [-0.25, -0.2) is 0 Å². The number of hydrogen-bond donors (Lipinski definition) is 0. The molecule has 70 valence electrons. The Kier molecular flexibility index (Phi) is 2.60. The van der Waals surface area contributed by atoms with E-state index in [-0.39, 0.29) is 0 Å². The van der Waals surface area contributed by atoms with E-state index in [2.05, 4.69) is 35.8 Å². The van der Waals surface area contributed by atoms with Gasteiger partial charge in [0.05, 0.1) is 0 Å². The first-order chi connectivity index (χ1) is 6.33. The van der Waals surface area contributed by atoms with Crippen molar-refractivity contribution in [3.8, 4) is 0 Å². The zero-order valence-corrected chi connectivity index (χ0v) is 10.0. The molecule has 1 aromatic carbocycles. The van der Waals surface area contributed by atoms with Gasteiger partial charge in [-0.3, -0.25) is 0 Å². The zero-order chi connectivity index (χ0) is 9.26. The molecule has 0 spiro atoms. The van der Waals surface area contributed by atoms with Crippen LogP contribution in [0.25, 0.3) is 0 Å². The van der Waals surface area contributed by atoms with Crippen molar-refractivity contribution in [2.24, 2.45) is 0 Å². The predicted molar refractivity (Wildman–Crippen MR) is 61.1 cm³/mol. The third kappa shape index (κ3) is 1.61. The highest BCUT2D eigenvalue weighted by Gasteiger charge is 2.21. The maximum atomic E-state index is 6.07. The fraction of sp³-hybridized carbons (Fsp3) is 0.400. The zero-order valence-electron chi connectivity index (χ0n) is 7.83. The molecule has 1 aliphatic rings. The van der Waals surface area contributed by atoms with Gasteiger partial charge in [0.25, 0.3) is 0 Å². The van der Waals surface area contributed by atoms with Gasteiger partial charge in [0.1, 0.15) is 0 Å². The Hall–Kier alpha value is -0.473. The summed E-state index contributed by atoms with van der Waals surface area (Å²) in [6.07, 6.45) is 2.45. The highest BCUT2D eigenvalue weighted by Crippen LogP contribution is 2.29. The molecule has 1 heterocycles. The molecule has 1 aromatic rings. The maximum absolute atomic E-state index is 6.07. The van der Waals surface area contributed by atoms with E-state index in [4.69, 9.17) is 11.1 Å². The molecule has 0 amide bonds. The predicted octanol–water partition coefficient (Wildman–Crippen LogP) is 2.07. The second-order valence-corrected chi connectivity index (χ2v) is 5.24. The van der Waals surface area contributed by atoms with Crippen LogP contribution in [0, 0.1) is 0 Å². The fourth-order valence-corrected chi connectivity index (χ4v) is 3.89. The topological polar surface area (TPSA) is 3.24 Å². The van der Waals surface area contributed by atoms with Crippen LogP contribution in [-0.4, -0.2) is 15.0 Å². The fourth-order valence-electron chi connectivity index (χ4n) is 1.94. The minimum Gasteiger partial charge on any atom is -0.387 e. The number of fused-ring (bicyclic) bond motifs is 1. The molecule has 0 fully saturated rings. The third-order valence-electron chi connectivity index (χ3n) is 2.79. The summed E-state index contributed by atoms with van der Waals surface area (Å²) in [5.41, 5.74) is 2.84. The van der Waals surface area contributed by atoms with Gasteiger partial charge >= 0.3 is 0 Å². The second kappa shape index (κ2) is 3.72. The molecule has 2 rings (SSSR count). The van der Waals surface area contributed by atoms with Crippen LogP contribution in [0.2, 0.25) is 0 Å². The van der Waals surface area contributed by atoms with Crippen LogP contribution < -0.4 is 4.57 Å². The Morgan fingerprint density at radius 2 is 2.23 bits per heavy atom. The summed E-state index contributed by atoms with van der Waals surface area (Å²) >= 11 is 6.07. The summed E-state index contributed by atoms with van der Waals surface area (Å²) in [7, 11) is -0.582. The summed E-state index contributed by atoms with van der Waals surface area (Å²) in [4.78, 5) is 0. The van der Waals surface area contributed by atoms with E-state index in [1.807, 2.05) is 0 Å². The lowest BCUT2D eigenvalue weighted by Crippen LogP contribution is -2.38. The van der Waals surface area contributed by atoms with E-state index in [1.54, 1.807) is 0 Å². The standard InChI is InChI=1S/C10H14ClNSi/c1-8-6-7-9-4-2-3-5-10(9)12(8)13-11/h2-5,8H,6-7,13H2,1H3. The molecule has 1 nitrogen and oxygen atoms in total. The van der Waals surface area contributed by atoms with E-state index < -0.39 is 8.99 Å². The first-order valence-electron chi connectivity index (χ1n) is 4.73. The van der Waals surface area contributed by atoms with E-state index in [0.717, 1.165) is 0 Å². The number of benzene rings is 1. The Labute approximate surface area is 86.3 Å². The second-order valence-electron chi connectivity index (χ2n) is 3.61. The Balaban J connectivity index is 2.39. The quantitative estimate of drug-likeness (QED) is 0.508. The van der Waals surface area contributed by atoms with Crippen molar-refractivity contribution in [3.05, 3.63) is 29.8 Å². The van der Waals surface area contributed by atoms with Crippen molar-refractivity contribution in [2.75, 3.05) is 4.57 Å². The number of hydrogen-bond acceptors (Lipinski definition) is 1. The normalized spacial score (nSPS) is 22.3. The molecule has 13 heavy (non-hydrogen) atoms. The number of para-hydroxylation sites is 1. The van der Waals surface area contributed by atoms with Crippen molar-refractivity contribution >= 4 is 25.8 Å². The molecule has 0 N–H and O–H groups in total. The first-order valence-corrected chi connectivity index (χ1v) is 7.50. The number of anilines is 1. The molecule has 0 aromatic heterocycles. The van der Waals surface area contributed by atoms with E-state index in [9.17, 15) is 0 Å². The van der Waals surface area contributed by atoms with Gasteiger partial charge in [-0.1, -0.05) is 18.2 Å². The molecule has 0 bridgehead atoms. The average molecular weight is 212 g/mol. The number of rotatable bonds is 1. The minimum atomic E-state index is -0.582. The minimum absolute atomic E-state index is 0.582. The van der Waals surface area contributed by atoms with Crippen molar-refractivity contribution in [1.29, 1.82) is 0 Å². The van der Waals surface area contributed by atoms with Crippen molar-refractivity contribution in [1.82, 2.24) is 0 Å². The Morgan fingerprint density at radius 3 is 3.00 bits per heavy atom. The third-order valence-corrected chi connectivity index (χ3v) is 4.79. The first kappa shape index (κ1) is 9.10. The molecule has 0 saturated heterocycles. The monoisotopic (exact) mass is 211 g/mol. The molecule has 0 aliphatic carbocycles. The average Bonchev–Trinajstić information content (AvgIpc) is 2.18. The van der Waals surface area contributed by atoms with Crippen LogP contribution >= 0.6 is 11.1 Å². The Morgan fingerprint density at radius 1 is 1.46 bits per heavy atom. The molecule has 0 saturated carbocycles. The van der Waals surface area contributed by atoms with E-state index >= 15 is 0 Å². The molecule has 3 heteroatoms. The van der Waals surface area contributed by atoms with Crippen molar-refractivity contribution in [2.45, 2.75) is 25.8 Å². The van der Waals surface area contributed by atoms with Gasteiger partial charge in [0, 0.05) is 11.7 Å². The van der Waals surface area contributed by atoms with Gasteiger partial charge in [-0.05, 0) is 31.4 Å². The van der Waals surface area contributed by atoms with Crippen LogP contribution in [0.3, 0.4) is 0 Å². The number of halogens is 1. The maximum Gasteiger partial charge on any atom is 0.224 e. The smallest absolute Gasteiger partial charge is 0.224 e. The van der Waals surface area contributed by atoms with Gasteiger partial charge in [-0.15, -0.1) is 11.1 Å². The van der Waals surface area contributed by atoms with E-state index in [0.29, 0.717) is 6.04 Å². The highest BCUT2D eigenvalue weighted by molar-refractivity contribution is 6.95. The molecule has 1 atom stereocenters. The number of aryl methyl sites for hydroxylation is 1. The molecular weight excluding hydrogens is 198 g/mol. The van der Waals surface area contributed by atoms with Gasteiger partial charge < -0.3 is 4.57 Å². The number of nitrogens with zero attached hydrogens (tertiary/aromatic N) is 1. The summed E-state index contributed by atoms with van der Waals surface area (Å²) in [5, 5.41) is 0. The lowest BCUT2D eigenvalue weighted by atomic mass is 9.99.